The Balaban J connectivity index is 2.49. The van der Waals surface area contributed by atoms with Crippen LogP contribution in [-0.4, -0.2) is 4.98 Å². The van der Waals surface area contributed by atoms with Gasteiger partial charge in [-0.3, -0.25) is 0 Å². The summed E-state index contributed by atoms with van der Waals surface area (Å²) in [6, 6.07) is 0. The molecule has 2 heteroatoms. The fourth-order valence-corrected chi connectivity index (χ4v) is 1.15. The molecule has 0 saturated heterocycles. The van der Waals surface area contributed by atoms with E-state index in [2.05, 4.69) is 11.9 Å². The zero-order valence-corrected chi connectivity index (χ0v) is 6.91. The van der Waals surface area contributed by atoms with Crippen LogP contribution < -0.4 is 0 Å². The molecule has 0 unspecified atom stereocenters. The van der Waals surface area contributed by atoms with Gasteiger partial charge >= 0.3 is 0 Å². The van der Waals surface area contributed by atoms with Crippen molar-refractivity contribution in [2.75, 3.05) is 0 Å². The number of aromatic nitrogens is 1. The zero-order chi connectivity index (χ0) is 7.40. The molecule has 1 N–H and O–H groups in total. The van der Waals surface area contributed by atoms with Crippen LogP contribution in [0.1, 0.15) is 25.3 Å². The highest BCUT2D eigenvalue weighted by atomic mass is 35.5. The average Bonchev–Trinajstić information content (AvgIpc) is 2.31. The van der Waals surface area contributed by atoms with Gasteiger partial charge in [-0.05, 0) is 18.4 Å². The fraction of sp³-hybridized carbons (Fsp3) is 0.500. The van der Waals surface area contributed by atoms with Crippen molar-refractivity contribution in [2.45, 2.75) is 26.2 Å². The van der Waals surface area contributed by atoms with Crippen LogP contribution in [0.25, 0.3) is 0 Å². The molecule has 0 aromatic carbocycles. The van der Waals surface area contributed by atoms with Crippen LogP contribution in [0.2, 0.25) is 5.02 Å². The number of hydrogen-bond donors (Lipinski definition) is 1. The number of hydrogen-bond acceptors (Lipinski definition) is 0. The molecule has 1 heterocycles. The molecule has 0 aliphatic carbocycles. The predicted molar refractivity (Wildman–Crippen MR) is 44.4 cm³/mol. The first kappa shape index (κ1) is 7.67. The van der Waals surface area contributed by atoms with E-state index in [0.29, 0.717) is 0 Å². The predicted octanol–water partition coefficient (Wildman–Crippen LogP) is 3.01. The molecule has 0 spiro atoms. The van der Waals surface area contributed by atoms with Gasteiger partial charge in [0.15, 0.2) is 0 Å². The lowest BCUT2D eigenvalue weighted by Crippen LogP contribution is -1.80. The van der Waals surface area contributed by atoms with E-state index in [1.165, 1.54) is 18.4 Å². The molecule has 1 nitrogen and oxygen atoms in total. The first-order valence-corrected chi connectivity index (χ1v) is 4.03. The van der Waals surface area contributed by atoms with Gasteiger partial charge in [0.2, 0.25) is 0 Å². The van der Waals surface area contributed by atoms with E-state index < -0.39 is 0 Å². The maximum Gasteiger partial charge on any atom is 0.0612 e. The van der Waals surface area contributed by atoms with E-state index >= 15 is 0 Å². The zero-order valence-electron chi connectivity index (χ0n) is 6.15. The van der Waals surface area contributed by atoms with Gasteiger partial charge in [0, 0.05) is 12.4 Å². The third-order valence-corrected chi connectivity index (χ3v) is 1.93. The Morgan fingerprint density at radius 1 is 1.50 bits per heavy atom. The molecule has 0 atom stereocenters. The summed E-state index contributed by atoms with van der Waals surface area (Å²) in [4.78, 5) is 2.97. The monoisotopic (exact) mass is 157 g/mol. The molecule has 1 aromatic heterocycles. The fourth-order valence-electron chi connectivity index (χ4n) is 0.936. The molecular formula is C8H12ClN. The number of halogens is 1. The van der Waals surface area contributed by atoms with E-state index in [1.54, 1.807) is 0 Å². The Morgan fingerprint density at radius 2 is 2.30 bits per heavy atom. The van der Waals surface area contributed by atoms with Crippen molar-refractivity contribution >= 4 is 11.6 Å². The lowest BCUT2D eigenvalue weighted by molar-refractivity contribution is 0.796. The van der Waals surface area contributed by atoms with Crippen molar-refractivity contribution < 1.29 is 0 Å². The van der Waals surface area contributed by atoms with Crippen molar-refractivity contribution in [3.05, 3.63) is 23.0 Å². The smallest absolute Gasteiger partial charge is 0.0612 e. The summed E-state index contributed by atoms with van der Waals surface area (Å²) in [7, 11) is 0. The number of unbranched alkanes of at least 4 members (excludes halogenated alkanes) is 1. The Morgan fingerprint density at radius 3 is 2.80 bits per heavy atom. The third kappa shape index (κ3) is 1.77. The summed E-state index contributed by atoms with van der Waals surface area (Å²) >= 11 is 5.84. The van der Waals surface area contributed by atoms with Gasteiger partial charge in [0.1, 0.15) is 0 Å². The van der Waals surface area contributed by atoms with Gasteiger partial charge in [-0.2, -0.15) is 0 Å². The molecule has 0 aliphatic rings. The maximum absolute atomic E-state index is 5.84. The highest BCUT2D eigenvalue weighted by Crippen LogP contribution is 2.16. The largest absolute Gasteiger partial charge is 0.366 e. The second kappa shape index (κ2) is 3.67. The summed E-state index contributed by atoms with van der Waals surface area (Å²) in [5, 5.41) is 0.869. The van der Waals surface area contributed by atoms with Gasteiger partial charge in [0.05, 0.1) is 5.02 Å². The normalized spacial score (nSPS) is 10.2. The number of aromatic amines is 1. The summed E-state index contributed by atoms with van der Waals surface area (Å²) in [5.74, 6) is 0. The summed E-state index contributed by atoms with van der Waals surface area (Å²) in [6.07, 6.45) is 7.34. The van der Waals surface area contributed by atoms with Crippen molar-refractivity contribution in [3.8, 4) is 0 Å². The molecular weight excluding hydrogens is 146 g/mol. The van der Waals surface area contributed by atoms with Crippen LogP contribution >= 0.6 is 11.6 Å². The van der Waals surface area contributed by atoms with Crippen LogP contribution in [-0.2, 0) is 6.42 Å². The first-order chi connectivity index (χ1) is 4.84. The van der Waals surface area contributed by atoms with Gasteiger partial charge in [0.25, 0.3) is 0 Å². The number of aryl methyl sites for hydroxylation is 1. The number of H-pyrrole nitrogens is 1. The molecule has 56 valence electrons. The topological polar surface area (TPSA) is 15.8 Å². The molecule has 0 bridgehead atoms. The third-order valence-electron chi connectivity index (χ3n) is 1.57. The van der Waals surface area contributed by atoms with Crippen molar-refractivity contribution in [3.63, 3.8) is 0 Å². The highest BCUT2D eigenvalue weighted by molar-refractivity contribution is 6.31. The SMILES string of the molecule is CCCCc1c[nH]cc1Cl. The Kier molecular flexibility index (Phi) is 2.82. The molecule has 0 amide bonds. The average molecular weight is 158 g/mol. The van der Waals surface area contributed by atoms with Crippen molar-refractivity contribution in [2.24, 2.45) is 0 Å². The van der Waals surface area contributed by atoms with E-state index in [9.17, 15) is 0 Å². The van der Waals surface area contributed by atoms with Crippen LogP contribution in [0.5, 0.6) is 0 Å². The van der Waals surface area contributed by atoms with E-state index in [0.717, 1.165) is 11.4 Å². The molecule has 0 radical (unpaired) electrons. The minimum atomic E-state index is 0.869. The van der Waals surface area contributed by atoms with Crippen LogP contribution in [0.3, 0.4) is 0 Å². The molecule has 0 aliphatic heterocycles. The van der Waals surface area contributed by atoms with Gasteiger partial charge < -0.3 is 4.98 Å². The summed E-state index contributed by atoms with van der Waals surface area (Å²) < 4.78 is 0. The summed E-state index contributed by atoms with van der Waals surface area (Å²) in [5.41, 5.74) is 1.24. The number of rotatable bonds is 3. The maximum atomic E-state index is 5.84. The minimum Gasteiger partial charge on any atom is -0.366 e. The molecule has 10 heavy (non-hydrogen) atoms. The Hall–Kier alpha value is -0.430. The number of nitrogens with one attached hydrogen (secondary N) is 1. The standard InChI is InChI=1S/C8H12ClN/c1-2-3-4-7-5-10-6-8(7)9/h5-6,10H,2-4H2,1H3. The Bertz CT molecular complexity index is 193. The van der Waals surface area contributed by atoms with Crippen LogP contribution in [0.15, 0.2) is 12.4 Å². The van der Waals surface area contributed by atoms with Gasteiger partial charge in [-0.25, -0.2) is 0 Å². The van der Waals surface area contributed by atoms with Crippen molar-refractivity contribution in [1.29, 1.82) is 0 Å². The second-order valence-electron chi connectivity index (χ2n) is 2.43. The first-order valence-electron chi connectivity index (χ1n) is 3.65. The lowest BCUT2D eigenvalue weighted by atomic mass is 10.1. The molecule has 0 saturated carbocycles. The molecule has 0 fully saturated rings. The van der Waals surface area contributed by atoms with E-state index in [4.69, 9.17) is 11.6 Å². The van der Waals surface area contributed by atoms with E-state index in [-0.39, 0.29) is 0 Å². The van der Waals surface area contributed by atoms with Crippen LogP contribution in [0.4, 0.5) is 0 Å². The summed E-state index contributed by atoms with van der Waals surface area (Å²) in [6.45, 7) is 2.18. The molecule has 1 aromatic rings. The second-order valence-corrected chi connectivity index (χ2v) is 2.84. The molecule has 1 rings (SSSR count). The van der Waals surface area contributed by atoms with Gasteiger partial charge in [-0.15, -0.1) is 0 Å². The van der Waals surface area contributed by atoms with Gasteiger partial charge in [-0.1, -0.05) is 24.9 Å². The highest BCUT2D eigenvalue weighted by Gasteiger charge is 1.97. The minimum absolute atomic E-state index is 0.869. The Labute approximate surface area is 66.4 Å². The van der Waals surface area contributed by atoms with E-state index in [1.807, 2.05) is 12.4 Å². The lowest BCUT2D eigenvalue weighted by Gasteiger charge is -1.93. The van der Waals surface area contributed by atoms with Crippen LogP contribution in [0, 0.1) is 0 Å². The quantitative estimate of drug-likeness (QED) is 0.695. The van der Waals surface area contributed by atoms with Crippen molar-refractivity contribution in [1.82, 2.24) is 4.98 Å².